The van der Waals surface area contributed by atoms with E-state index in [0.717, 1.165) is 11.7 Å². The van der Waals surface area contributed by atoms with Crippen molar-refractivity contribution in [2.75, 3.05) is 0 Å². The van der Waals surface area contributed by atoms with Gasteiger partial charge in [0, 0.05) is 12.3 Å². The zero-order valence-corrected chi connectivity index (χ0v) is 13.3. The van der Waals surface area contributed by atoms with E-state index in [9.17, 15) is 5.11 Å². The zero-order chi connectivity index (χ0) is 15.1. The predicted octanol–water partition coefficient (Wildman–Crippen LogP) is 4.60. The molecular weight excluding hydrogens is 260 g/mol. The van der Waals surface area contributed by atoms with Gasteiger partial charge in [0.15, 0.2) is 0 Å². The molecule has 1 saturated carbocycles. The SMILES string of the molecule is Cc1cc(C)c(CC(O)c2ccc(C3CC3C)o2)c(C)c1. The largest absolute Gasteiger partial charge is 0.463 e. The van der Waals surface area contributed by atoms with E-state index in [-0.39, 0.29) is 0 Å². The van der Waals surface area contributed by atoms with Crippen LogP contribution in [0.25, 0.3) is 0 Å². The van der Waals surface area contributed by atoms with Crippen LogP contribution in [0.1, 0.15) is 59.1 Å². The maximum Gasteiger partial charge on any atom is 0.133 e. The van der Waals surface area contributed by atoms with Crippen LogP contribution in [0.5, 0.6) is 0 Å². The minimum absolute atomic E-state index is 0.562. The summed E-state index contributed by atoms with van der Waals surface area (Å²) < 4.78 is 5.87. The lowest BCUT2D eigenvalue weighted by Crippen LogP contribution is -2.04. The maximum atomic E-state index is 10.5. The molecule has 0 spiro atoms. The molecule has 1 aromatic carbocycles. The van der Waals surface area contributed by atoms with Gasteiger partial charge in [-0.05, 0) is 61.9 Å². The minimum atomic E-state index is -0.562. The van der Waals surface area contributed by atoms with Crippen LogP contribution in [-0.4, -0.2) is 5.11 Å². The van der Waals surface area contributed by atoms with Crippen molar-refractivity contribution >= 4 is 0 Å². The molecule has 1 aliphatic rings. The summed E-state index contributed by atoms with van der Waals surface area (Å²) in [5, 5.41) is 10.5. The first-order chi connectivity index (χ1) is 9.95. The van der Waals surface area contributed by atoms with Gasteiger partial charge in [0.25, 0.3) is 0 Å². The van der Waals surface area contributed by atoms with Crippen LogP contribution >= 0.6 is 0 Å². The molecular formula is C19H24O2. The molecule has 21 heavy (non-hydrogen) atoms. The van der Waals surface area contributed by atoms with E-state index in [4.69, 9.17) is 4.42 Å². The van der Waals surface area contributed by atoms with Crippen molar-refractivity contribution in [2.45, 2.75) is 52.6 Å². The van der Waals surface area contributed by atoms with E-state index >= 15 is 0 Å². The van der Waals surface area contributed by atoms with Gasteiger partial charge in [0.05, 0.1) is 0 Å². The van der Waals surface area contributed by atoms with Crippen LogP contribution < -0.4 is 0 Å². The van der Waals surface area contributed by atoms with Crippen LogP contribution in [0, 0.1) is 26.7 Å². The summed E-state index contributed by atoms with van der Waals surface area (Å²) in [7, 11) is 0. The average Bonchev–Trinajstić information content (AvgIpc) is 2.95. The lowest BCUT2D eigenvalue weighted by Gasteiger charge is -2.14. The Kier molecular flexibility index (Phi) is 3.66. The van der Waals surface area contributed by atoms with Gasteiger partial charge in [-0.15, -0.1) is 0 Å². The molecule has 1 fully saturated rings. The van der Waals surface area contributed by atoms with Crippen molar-refractivity contribution in [1.29, 1.82) is 0 Å². The first kappa shape index (κ1) is 14.4. The molecule has 0 aliphatic heterocycles. The van der Waals surface area contributed by atoms with Crippen molar-refractivity contribution in [2.24, 2.45) is 5.92 Å². The van der Waals surface area contributed by atoms with E-state index in [2.05, 4.69) is 39.8 Å². The third-order valence-electron chi connectivity index (χ3n) is 4.69. The van der Waals surface area contributed by atoms with E-state index in [1.165, 1.54) is 28.7 Å². The molecule has 3 unspecified atom stereocenters. The molecule has 2 aromatic rings. The van der Waals surface area contributed by atoms with Crippen molar-refractivity contribution < 1.29 is 9.52 Å². The summed E-state index contributed by atoms with van der Waals surface area (Å²) >= 11 is 0. The van der Waals surface area contributed by atoms with Gasteiger partial charge in [0.1, 0.15) is 17.6 Å². The molecule has 1 heterocycles. The highest BCUT2D eigenvalue weighted by molar-refractivity contribution is 5.38. The number of aliphatic hydroxyl groups is 1. The highest BCUT2D eigenvalue weighted by atomic mass is 16.4. The Morgan fingerprint density at radius 2 is 1.81 bits per heavy atom. The average molecular weight is 284 g/mol. The summed E-state index contributed by atoms with van der Waals surface area (Å²) in [5.74, 6) is 3.02. The fraction of sp³-hybridized carbons (Fsp3) is 0.474. The van der Waals surface area contributed by atoms with Gasteiger partial charge in [0.2, 0.25) is 0 Å². The van der Waals surface area contributed by atoms with E-state index < -0.39 is 6.10 Å². The number of furan rings is 1. The Morgan fingerprint density at radius 1 is 1.19 bits per heavy atom. The standard InChI is InChI=1S/C19H24O2/c1-11-7-12(2)15(13(3)8-11)10-17(20)19-6-5-18(21-19)16-9-14(16)4/h5-8,14,16-17,20H,9-10H2,1-4H3. The van der Waals surface area contributed by atoms with E-state index in [1.807, 2.05) is 12.1 Å². The van der Waals surface area contributed by atoms with E-state index in [0.29, 0.717) is 18.1 Å². The third-order valence-corrected chi connectivity index (χ3v) is 4.69. The Bertz CT molecular complexity index is 630. The summed E-state index contributed by atoms with van der Waals surface area (Å²) in [4.78, 5) is 0. The van der Waals surface area contributed by atoms with Gasteiger partial charge >= 0.3 is 0 Å². The smallest absolute Gasteiger partial charge is 0.133 e. The zero-order valence-electron chi connectivity index (χ0n) is 13.3. The molecule has 3 rings (SSSR count). The number of rotatable bonds is 4. The Labute approximate surface area is 126 Å². The second-order valence-corrected chi connectivity index (χ2v) is 6.66. The van der Waals surface area contributed by atoms with Crippen molar-refractivity contribution in [3.05, 3.63) is 58.0 Å². The highest BCUT2D eigenvalue weighted by Crippen LogP contribution is 2.47. The Hall–Kier alpha value is -1.54. The van der Waals surface area contributed by atoms with Crippen LogP contribution in [-0.2, 0) is 6.42 Å². The van der Waals surface area contributed by atoms with Gasteiger partial charge in [-0.1, -0.05) is 24.6 Å². The number of hydrogen-bond donors (Lipinski definition) is 1. The fourth-order valence-electron chi connectivity index (χ4n) is 3.29. The minimum Gasteiger partial charge on any atom is -0.463 e. The second-order valence-electron chi connectivity index (χ2n) is 6.66. The Balaban J connectivity index is 1.77. The number of aryl methyl sites for hydroxylation is 3. The van der Waals surface area contributed by atoms with Crippen LogP contribution in [0.2, 0.25) is 0 Å². The predicted molar refractivity (Wildman–Crippen MR) is 84.5 cm³/mol. The second kappa shape index (κ2) is 5.34. The third kappa shape index (κ3) is 2.91. The van der Waals surface area contributed by atoms with Gasteiger partial charge in [-0.2, -0.15) is 0 Å². The van der Waals surface area contributed by atoms with Crippen LogP contribution in [0.15, 0.2) is 28.7 Å². The molecule has 0 amide bonds. The molecule has 2 heteroatoms. The van der Waals surface area contributed by atoms with Crippen molar-refractivity contribution in [3.8, 4) is 0 Å². The monoisotopic (exact) mass is 284 g/mol. The van der Waals surface area contributed by atoms with Crippen molar-refractivity contribution in [3.63, 3.8) is 0 Å². The number of aliphatic hydroxyl groups excluding tert-OH is 1. The fourth-order valence-corrected chi connectivity index (χ4v) is 3.29. The van der Waals surface area contributed by atoms with Crippen LogP contribution in [0.4, 0.5) is 0 Å². The lowest BCUT2D eigenvalue weighted by atomic mass is 9.95. The molecule has 1 aromatic heterocycles. The molecule has 2 nitrogen and oxygen atoms in total. The molecule has 0 radical (unpaired) electrons. The molecule has 1 aliphatic carbocycles. The summed E-state index contributed by atoms with van der Waals surface area (Å²) in [6, 6.07) is 8.31. The van der Waals surface area contributed by atoms with Gasteiger partial charge in [-0.3, -0.25) is 0 Å². The van der Waals surface area contributed by atoms with Gasteiger partial charge in [-0.25, -0.2) is 0 Å². The Morgan fingerprint density at radius 3 is 2.38 bits per heavy atom. The first-order valence-electron chi connectivity index (χ1n) is 7.80. The maximum absolute atomic E-state index is 10.5. The van der Waals surface area contributed by atoms with Crippen molar-refractivity contribution in [1.82, 2.24) is 0 Å². The topological polar surface area (TPSA) is 33.4 Å². The molecule has 112 valence electrons. The summed E-state index contributed by atoms with van der Waals surface area (Å²) in [6.07, 6.45) is 1.26. The first-order valence-corrected chi connectivity index (χ1v) is 7.80. The van der Waals surface area contributed by atoms with E-state index in [1.54, 1.807) is 0 Å². The molecule has 3 atom stereocenters. The molecule has 1 N–H and O–H groups in total. The summed E-state index contributed by atoms with van der Waals surface area (Å²) in [6.45, 7) is 8.57. The number of hydrogen-bond acceptors (Lipinski definition) is 2. The summed E-state index contributed by atoms with van der Waals surface area (Å²) in [5.41, 5.74) is 4.99. The van der Waals surface area contributed by atoms with Gasteiger partial charge < -0.3 is 9.52 Å². The number of benzene rings is 1. The highest BCUT2D eigenvalue weighted by Gasteiger charge is 2.36. The molecule has 0 bridgehead atoms. The lowest BCUT2D eigenvalue weighted by molar-refractivity contribution is 0.147. The molecule has 0 saturated heterocycles. The quantitative estimate of drug-likeness (QED) is 0.889. The normalized spacial score (nSPS) is 22.3. The van der Waals surface area contributed by atoms with Crippen LogP contribution in [0.3, 0.4) is 0 Å².